The number of unbranched alkanes of at least 4 members (excludes halogenated alkanes) is 4. The highest BCUT2D eigenvalue weighted by atomic mass is 16.5. The van der Waals surface area contributed by atoms with E-state index in [1.165, 1.54) is 43.4 Å². The van der Waals surface area contributed by atoms with E-state index in [0.29, 0.717) is 0 Å². The van der Waals surface area contributed by atoms with E-state index < -0.39 is 0 Å². The van der Waals surface area contributed by atoms with E-state index in [2.05, 4.69) is 64.2 Å². The Balaban J connectivity index is 2.54. The Kier molecular flexibility index (Phi) is 7.81. The lowest BCUT2D eigenvalue weighted by atomic mass is 10.1. The van der Waals surface area contributed by atoms with E-state index in [1.807, 2.05) is 0 Å². The molecular formula is C19H33NO. The Morgan fingerprint density at radius 1 is 1.05 bits per heavy atom. The van der Waals surface area contributed by atoms with Crippen LogP contribution in [0, 0.1) is 6.92 Å². The molecule has 0 aliphatic rings. The number of benzene rings is 1. The number of anilines is 1. The molecule has 1 rings (SSSR count). The van der Waals surface area contributed by atoms with Crippen LogP contribution in [0.3, 0.4) is 0 Å². The lowest BCUT2D eigenvalue weighted by molar-refractivity contribution is -0.0506. The van der Waals surface area contributed by atoms with Gasteiger partial charge in [0, 0.05) is 5.69 Å². The molecular weight excluding hydrogens is 258 g/mol. The summed E-state index contributed by atoms with van der Waals surface area (Å²) in [5.74, 6) is 0. The van der Waals surface area contributed by atoms with Gasteiger partial charge in [0.25, 0.3) is 0 Å². The molecule has 1 N–H and O–H groups in total. The van der Waals surface area contributed by atoms with Gasteiger partial charge in [-0.1, -0.05) is 50.8 Å². The van der Waals surface area contributed by atoms with Crippen molar-refractivity contribution in [3.8, 4) is 0 Å². The molecule has 0 spiro atoms. The standard InChI is InChI=1S/C19H33NO/c1-6-7-8-9-10-15-18(21-19(3,4)5)20-17-14-12-11-13-16(17)2/h11-14,18,20H,6-10,15H2,1-5H3. The molecule has 0 aliphatic carbocycles. The third-order valence-corrected chi connectivity index (χ3v) is 3.53. The van der Waals surface area contributed by atoms with Crippen LogP contribution in [0.5, 0.6) is 0 Å². The van der Waals surface area contributed by atoms with Crippen molar-refractivity contribution in [2.45, 2.75) is 85.0 Å². The van der Waals surface area contributed by atoms with Gasteiger partial charge in [0.2, 0.25) is 0 Å². The summed E-state index contributed by atoms with van der Waals surface area (Å²) < 4.78 is 6.19. The van der Waals surface area contributed by atoms with Crippen molar-refractivity contribution >= 4 is 5.69 Å². The molecule has 0 aliphatic heterocycles. The summed E-state index contributed by atoms with van der Waals surface area (Å²) in [4.78, 5) is 0. The maximum Gasteiger partial charge on any atom is 0.128 e. The van der Waals surface area contributed by atoms with E-state index in [9.17, 15) is 0 Å². The zero-order valence-electron chi connectivity index (χ0n) is 14.5. The van der Waals surface area contributed by atoms with Gasteiger partial charge in [-0.05, 0) is 52.2 Å². The molecule has 1 unspecified atom stereocenters. The van der Waals surface area contributed by atoms with Gasteiger partial charge < -0.3 is 10.1 Å². The van der Waals surface area contributed by atoms with Crippen molar-refractivity contribution in [1.82, 2.24) is 0 Å². The Morgan fingerprint density at radius 3 is 2.33 bits per heavy atom. The zero-order valence-corrected chi connectivity index (χ0v) is 14.5. The van der Waals surface area contributed by atoms with Crippen LogP contribution in [0.2, 0.25) is 0 Å². The Bertz CT molecular complexity index is 395. The van der Waals surface area contributed by atoms with Gasteiger partial charge in [0.05, 0.1) is 5.60 Å². The summed E-state index contributed by atoms with van der Waals surface area (Å²) >= 11 is 0. The maximum absolute atomic E-state index is 6.19. The predicted octanol–water partition coefficient (Wildman–Crippen LogP) is 5.91. The van der Waals surface area contributed by atoms with Crippen molar-refractivity contribution < 1.29 is 4.74 Å². The first kappa shape index (κ1) is 18.0. The van der Waals surface area contributed by atoms with Crippen molar-refractivity contribution in [2.24, 2.45) is 0 Å². The highest BCUT2D eigenvalue weighted by Crippen LogP contribution is 2.21. The smallest absolute Gasteiger partial charge is 0.128 e. The van der Waals surface area contributed by atoms with Crippen LogP contribution in [-0.4, -0.2) is 11.8 Å². The van der Waals surface area contributed by atoms with Crippen LogP contribution in [0.25, 0.3) is 0 Å². The monoisotopic (exact) mass is 291 g/mol. The summed E-state index contributed by atoms with van der Waals surface area (Å²) in [6.45, 7) is 10.8. The quantitative estimate of drug-likeness (QED) is 0.451. The SMILES string of the molecule is CCCCCCCC(Nc1ccccc1C)OC(C)(C)C. The average molecular weight is 291 g/mol. The van der Waals surface area contributed by atoms with Gasteiger partial charge >= 0.3 is 0 Å². The molecule has 0 fully saturated rings. The fourth-order valence-corrected chi connectivity index (χ4v) is 2.43. The fourth-order valence-electron chi connectivity index (χ4n) is 2.43. The van der Waals surface area contributed by atoms with Gasteiger partial charge in [-0.2, -0.15) is 0 Å². The third kappa shape index (κ3) is 8.11. The predicted molar refractivity (Wildman–Crippen MR) is 92.8 cm³/mol. The Labute approximate surface area is 131 Å². The van der Waals surface area contributed by atoms with Crippen LogP contribution in [0.4, 0.5) is 5.69 Å². The minimum atomic E-state index is -0.121. The molecule has 0 heterocycles. The van der Waals surface area contributed by atoms with E-state index in [4.69, 9.17) is 4.74 Å². The summed E-state index contributed by atoms with van der Waals surface area (Å²) in [5, 5.41) is 3.57. The van der Waals surface area contributed by atoms with E-state index >= 15 is 0 Å². The van der Waals surface area contributed by atoms with Crippen molar-refractivity contribution in [3.63, 3.8) is 0 Å². The minimum absolute atomic E-state index is 0.0905. The van der Waals surface area contributed by atoms with Crippen LogP contribution >= 0.6 is 0 Å². The second-order valence-corrected chi connectivity index (χ2v) is 6.88. The van der Waals surface area contributed by atoms with Crippen molar-refractivity contribution in [3.05, 3.63) is 29.8 Å². The molecule has 1 aromatic carbocycles. The van der Waals surface area contributed by atoms with Gasteiger partial charge in [0.15, 0.2) is 0 Å². The van der Waals surface area contributed by atoms with Gasteiger partial charge in [-0.25, -0.2) is 0 Å². The molecule has 0 radical (unpaired) electrons. The van der Waals surface area contributed by atoms with Crippen molar-refractivity contribution in [2.75, 3.05) is 5.32 Å². The topological polar surface area (TPSA) is 21.3 Å². The number of aryl methyl sites for hydroxylation is 1. The second kappa shape index (κ2) is 9.09. The van der Waals surface area contributed by atoms with Gasteiger partial charge in [-0.3, -0.25) is 0 Å². The largest absolute Gasteiger partial charge is 0.360 e. The molecule has 0 saturated heterocycles. The summed E-state index contributed by atoms with van der Waals surface area (Å²) in [6.07, 6.45) is 7.65. The molecule has 0 bridgehead atoms. The fraction of sp³-hybridized carbons (Fsp3) is 0.684. The molecule has 0 saturated carbocycles. The second-order valence-electron chi connectivity index (χ2n) is 6.88. The first-order valence-electron chi connectivity index (χ1n) is 8.42. The van der Waals surface area contributed by atoms with Crippen LogP contribution in [-0.2, 0) is 4.74 Å². The number of para-hydroxylation sites is 1. The molecule has 1 aromatic rings. The zero-order chi connectivity index (χ0) is 15.7. The van der Waals surface area contributed by atoms with Crippen LogP contribution in [0.1, 0.15) is 71.8 Å². The van der Waals surface area contributed by atoms with Gasteiger partial charge in [0.1, 0.15) is 6.23 Å². The summed E-state index contributed by atoms with van der Waals surface area (Å²) in [5.41, 5.74) is 2.33. The van der Waals surface area contributed by atoms with Crippen molar-refractivity contribution in [1.29, 1.82) is 0 Å². The molecule has 2 nitrogen and oxygen atoms in total. The average Bonchev–Trinajstić information content (AvgIpc) is 2.39. The number of hydrogen-bond donors (Lipinski definition) is 1. The number of nitrogens with one attached hydrogen (secondary N) is 1. The van der Waals surface area contributed by atoms with E-state index in [0.717, 1.165) is 6.42 Å². The molecule has 120 valence electrons. The van der Waals surface area contributed by atoms with E-state index in [-0.39, 0.29) is 11.8 Å². The van der Waals surface area contributed by atoms with Gasteiger partial charge in [-0.15, -0.1) is 0 Å². The molecule has 21 heavy (non-hydrogen) atoms. The first-order chi connectivity index (χ1) is 9.92. The minimum Gasteiger partial charge on any atom is -0.360 e. The lowest BCUT2D eigenvalue weighted by Crippen LogP contribution is -2.33. The first-order valence-corrected chi connectivity index (χ1v) is 8.42. The molecule has 1 atom stereocenters. The Morgan fingerprint density at radius 2 is 1.71 bits per heavy atom. The molecule has 0 amide bonds. The number of hydrogen-bond acceptors (Lipinski definition) is 2. The summed E-state index contributed by atoms with van der Waals surface area (Å²) in [6, 6.07) is 8.42. The maximum atomic E-state index is 6.19. The van der Waals surface area contributed by atoms with E-state index in [1.54, 1.807) is 0 Å². The number of rotatable bonds is 9. The summed E-state index contributed by atoms with van der Waals surface area (Å²) in [7, 11) is 0. The Hall–Kier alpha value is -1.02. The van der Waals surface area contributed by atoms with Crippen LogP contribution in [0.15, 0.2) is 24.3 Å². The number of ether oxygens (including phenoxy) is 1. The molecule has 0 aromatic heterocycles. The third-order valence-electron chi connectivity index (χ3n) is 3.53. The highest BCUT2D eigenvalue weighted by Gasteiger charge is 2.18. The normalized spacial score (nSPS) is 13.2. The highest BCUT2D eigenvalue weighted by molar-refractivity contribution is 5.50. The van der Waals surface area contributed by atoms with Crippen LogP contribution < -0.4 is 5.32 Å². The lowest BCUT2D eigenvalue weighted by Gasteiger charge is -2.29. The molecule has 2 heteroatoms.